The molecule has 0 radical (unpaired) electrons. The van der Waals surface area contributed by atoms with E-state index in [2.05, 4.69) is 53.0 Å². The third kappa shape index (κ3) is 6.08. The summed E-state index contributed by atoms with van der Waals surface area (Å²) < 4.78 is 41.2. The number of H-pyrrole nitrogens is 1. The van der Waals surface area contributed by atoms with E-state index in [0.29, 0.717) is 6.04 Å². The Morgan fingerprint density at radius 1 is 1.16 bits per heavy atom. The minimum Gasteiger partial charge on any atom is -0.418 e. The Morgan fingerprint density at radius 3 is 2.16 bits per heavy atom. The fourth-order valence-electron chi connectivity index (χ4n) is 1.79. The first-order chi connectivity index (χ1) is 8.92. The maximum absolute atomic E-state index is 9.75. The number of nitrogens with one attached hydrogen (secondary N) is 1. The van der Waals surface area contributed by atoms with E-state index >= 15 is 0 Å². The van der Waals surface area contributed by atoms with Crippen LogP contribution in [0.5, 0.6) is 0 Å². The molecule has 0 saturated heterocycles. The van der Waals surface area contributed by atoms with Crippen molar-refractivity contribution < 1.29 is 21.8 Å². The number of benzene rings is 1. The van der Waals surface area contributed by atoms with Gasteiger partial charge >= 0.3 is 7.25 Å². The lowest BCUT2D eigenvalue weighted by atomic mass is 10.0. The van der Waals surface area contributed by atoms with Gasteiger partial charge in [0.15, 0.2) is 0 Å². The third-order valence-electron chi connectivity index (χ3n) is 2.50. The van der Waals surface area contributed by atoms with Crippen molar-refractivity contribution in [3.05, 3.63) is 54.6 Å². The van der Waals surface area contributed by atoms with Crippen molar-refractivity contribution in [2.75, 3.05) is 0 Å². The summed E-state index contributed by atoms with van der Waals surface area (Å²) >= 11 is 0. The number of imidazole rings is 1. The van der Waals surface area contributed by atoms with Crippen LogP contribution >= 0.6 is 0 Å². The summed E-state index contributed by atoms with van der Waals surface area (Å²) in [4.78, 5) is 3.08. The monoisotopic (exact) mass is 274 g/mol. The van der Waals surface area contributed by atoms with Crippen LogP contribution in [0.4, 0.5) is 17.3 Å². The molecule has 7 heteroatoms. The minimum atomic E-state index is -6.00. The Kier molecular flexibility index (Phi) is 5.60. The van der Waals surface area contributed by atoms with Crippen LogP contribution in [0.15, 0.2) is 49.1 Å². The highest BCUT2D eigenvalue weighted by Gasteiger charge is 2.20. The number of rotatable bonds is 3. The highest BCUT2D eigenvalue weighted by molar-refractivity contribution is 6.50. The van der Waals surface area contributed by atoms with E-state index in [1.807, 2.05) is 12.5 Å². The molecule has 0 aliphatic heterocycles. The molecule has 1 unspecified atom stereocenters. The third-order valence-corrected chi connectivity index (χ3v) is 2.50. The Labute approximate surface area is 109 Å². The van der Waals surface area contributed by atoms with Gasteiger partial charge in [-0.05, 0) is 12.0 Å². The predicted octanol–water partition coefficient (Wildman–Crippen LogP) is 3.60. The summed E-state index contributed by atoms with van der Waals surface area (Å²) in [6.45, 7) is 2.21. The molecule has 0 aliphatic carbocycles. The second-order valence-electron chi connectivity index (χ2n) is 3.89. The molecule has 0 aliphatic rings. The standard InChI is InChI=1S/C12H14N2.BF4/c1-2-12(14-9-8-13-10-14)11-6-4-3-5-7-11;2-1(3,4)5/h3-10,12H,2H2,1H3;/q;-1/p+1. The maximum Gasteiger partial charge on any atom is 0.673 e. The average molecular weight is 274 g/mol. The van der Waals surface area contributed by atoms with Gasteiger partial charge in [0.25, 0.3) is 0 Å². The molecule has 1 aromatic heterocycles. The zero-order valence-electron chi connectivity index (χ0n) is 10.4. The summed E-state index contributed by atoms with van der Waals surface area (Å²) in [5, 5.41) is 0. The summed E-state index contributed by atoms with van der Waals surface area (Å²) in [7, 11) is -6.00. The van der Waals surface area contributed by atoms with Crippen LogP contribution in [0.2, 0.25) is 0 Å². The lowest BCUT2D eigenvalue weighted by Gasteiger charge is -2.11. The molecule has 0 fully saturated rings. The lowest BCUT2D eigenvalue weighted by Crippen LogP contribution is -2.37. The number of halogens is 4. The second-order valence-corrected chi connectivity index (χ2v) is 3.89. The molecule has 0 amide bonds. The van der Waals surface area contributed by atoms with E-state index in [1.165, 1.54) is 5.56 Å². The molecule has 1 aromatic carbocycles. The van der Waals surface area contributed by atoms with Crippen LogP contribution < -0.4 is 4.57 Å². The average Bonchev–Trinajstić information content (AvgIpc) is 2.83. The van der Waals surface area contributed by atoms with E-state index in [0.717, 1.165) is 6.42 Å². The molecule has 2 rings (SSSR count). The zero-order valence-corrected chi connectivity index (χ0v) is 10.4. The molecule has 1 heterocycles. The van der Waals surface area contributed by atoms with Gasteiger partial charge in [-0.1, -0.05) is 37.3 Å². The Hall–Kier alpha value is -1.79. The van der Waals surface area contributed by atoms with Gasteiger partial charge in [-0.2, -0.15) is 0 Å². The van der Waals surface area contributed by atoms with Gasteiger partial charge in [-0.25, -0.2) is 4.57 Å². The number of nitrogens with zero attached hydrogens (tertiary/aromatic N) is 1. The Balaban J connectivity index is 0.000000312. The highest BCUT2D eigenvalue weighted by atomic mass is 19.5. The van der Waals surface area contributed by atoms with Crippen molar-refractivity contribution >= 4 is 7.25 Å². The number of aromatic nitrogens is 2. The smallest absolute Gasteiger partial charge is 0.418 e. The van der Waals surface area contributed by atoms with Gasteiger partial charge in [0.05, 0.1) is 0 Å². The minimum absolute atomic E-state index is 0.447. The Bertz CT molecular complexity index is 450. The summed E-state index contributed by atoms with van der Waals surface area (Å²) in [5.41, 5.74) is 1.36. The van der Waals surface area contributed by atoms with Crippen LogP contribution in [-0.4, -0.2) is 12.2 Å². The number of aromatic amines is 1. The van der Waals surface area contributed by atoms with Gasteiger partial charge in [0, 0.05) is 0 Å². The molecule has 0 bridgehead atoms. The first kappa shape index (κ1) is 15.3. The van der Waals surface area contributed by atoms with E-state index in [-0.39, 0.29) is 0 Å². The summed E-state index contributed by atoms with van der Waals surface area (Å²) in [6.07, 6.45) is 7.13. The maximum atomic E-state index is 9.75. The topological polar surface area (TPSA) is 19.7 Å². The molecule has 19 heavy (non-hydrogen) atoms. The number of hydrogen-bond donors (Lipinski definition) is 1. The second kappa shape index (κ2) is 6.96. The quantitative estimate of drug-likeness (QED) is 0.501. The zero-order chi connectivity index (χ0) is 14.3. The van der Waals surface area contributed by atoms with Crippen molar-refractivity contribution in [3.8, 4) is 0 Å². The van der Waals surface area contributed by atoms with E-state index in [4.69, 9.17) is 0 Å². The molecular formula is C12H15BF4N2. The summed E-state index contributed by atoms with van der Waals surface area (Å²) in [5.74, 6) is 0. The molecule has 1 atom stereocenters. The van der Waals surface area contributed by atoms with Crippen molar-refractivity contribution in [1.29, 1.82) is 0 Å². The largest absolute Gasteiger partial charge is 0.673 e. The lowest BCUT2D eigenvalue weighted by molar-refractivity contribution is -0.712. The normalized spacial score (nSPS) is 12.5. The van der Waals surface area contributed by atoms with Crippen LogP contribution in [0.3, 0.4) is 0 Å². The van der Waals surface area contributed by atoms with Crippen LogP contribution in [-0.2, 0) is 0 Å². The van der Waals surface area contributed by atoms with Gasteiger partial charge in [0.2, 0.25) is 6.33 Å². The highest BCUT2D eigenvalue weighted by Crippen LogP contribution is 2.14. The van der Waals surface area contributed by atoms with Crippen LogP contribution in [0.1, 0.15) is 24.9 Å². The Morgan fingerprint density at radius 2 is 1.74 bits per heavy atom. The molecule has 1 N–H and O–H groups in total. The molecule has 0 spiro atoms. The molecule has 104 valence electrons. The first-order valence-corrected chi connectivity index (χ1v) is 5.87. The van der Waals surface area contributed by atoms with Gasteiger partial charge in [-0.15, -0.1) is 0 Å². The van der Waals surface area contributed by atoms with Crippen molar-refractivity contribution in [3.63, 3.8) is 0 Å². The van der Waals surface area contributed by atoms with Crippen molar-refractivity contribution in [2.24, 2.45) is 0 Å². The van der Waals surface area contributed by atoms with Crippen LogP contribution in [0, 0.1) is 0 Å². The van der Waals surface area contributed by atoms with E-state index in [9.17, 15) is 17.3 Å². The molecule has 2 nitrogen and oxygen atoms in total. The predicted molar refractivity (Wildman–Crippen MR) is 66.0 cm³/mol. The first-order valence-electron chi connectivity index (χ1n) is 5.87. The van der Waals surface area contributed by atoms with Crippen molar-refractivity contribution in [1.82, 2.24) is 4.98 Å². The fraction of sp³-hybridized carbons (Fsp3) is 0.250. The van der Waals surface area contributed by atoms with E-state index < -0.39 is 7.25 Å². The SMILES string of the molecule is CCC(c1ccccc1)[n+]1cc[nH]c1.F[B-](F)(F)F. The molecule has 2 aromatic rings. The molecular weight excluding hydrogens is 259 g/mol. The van der Waals surface area contributed by atoms with Gasteiger partial charge in [-0.3, -0.25) is 4.98 Å². The number of hydrogen-bond acceptors (Lipinski definition) is 0. The van der Waals surface area contributed by atoms with Gasteiger partial charge < -0.3 is 17.3 Å². The molecule has 0 saturated carbocycles. The van der Waals surface area contributed by atoms with Crippen LogP contribution in [0.25, 0.3) is 0 Å². The van der Waals surface area contributed by atoms with Crippen molar-refractivity contribution in [2.45, 2.75) is 19.4 Å². The van der Waals surface area contributed by atoms with Gasteiger partial charge in [0.1, 0.15) is 18.4 Å². The fourth-order valence-corrected chi connectivity index (χ4v) is 1.79. The van der Waals surface area contributed by atoms with E-state index in [1.54, 1.807) is 0 Å². The summed E-state index contributed by atoms with van der Waals surface area (Å²) in [6, 6.07) is 11.0.